The van der Waals surface area contributed by atoms with Crippen molar-refractivity contribution >= 4 is 45.0 Å². The van der Waals surface area contributed by atoms with Crippen LogP contribution in [0.25, 0.3) is 0 Å². The monoisotopic (exact) mass is 428 g/mol. The molecule has 0 aromatic heterocycles. The van der Waals surface area contributed by atoms with Gasteiger partial charge in [-0.25, -0.2) is 0 Å². The van der Waals surface area contributed by atoms with Crippen LogP contribution in [-0.2, 0) is 0 Å². The molecule has 0 atom stereocenters. The average Bonchev–Trinajstić information content (AvgIpc) is 3.35. The largest absolute Gasteiger partial charge is 0.497 e. The molecule has 4 rings (SSSR count). The van der Waals surface area contributed by atoms with E-state index in [1.807, 2.05) is 24.3 Å². The van der Waals surface area contributed by atoms with Crippen LogP contribution in [0, 0.1) is 0 Å². The van der Waals surface area contributed by atoms with Gasteiger partial charge in [-0.15, -0.1) is 33.7 Å². The van der Waals surface area contributed by atoms with Crippen LogP contribution in [0.4, 0.5) is 11.4 Å². The Labute approximate surface area is 180 Å². The molecule has 0 saturated carbocycles. The van der Waals surface area contributed by atoms with Crippen LogP contribution in [0.1, 0.15) is 0 Å². The zero-order valence-corrected chi connectivity index (χ0v) is 18.6. The summed E-state index contributed by atoms with van der Waals surface area (Å²) in [6.45, 7) is 1.72. The standard InChI is InChI=1S/C21H24N4O2S2/c1-26-17-9-5-15(6-10-17)24-13-14-25(16-7-11-18(27-2)12-8-16)21(24)19(28-3)22-23-20(21)29-4/h5-12H,13-14H2,1-4H3. The Bertz CT molecular complexity index is 851. The second-order valence-electron chi connectivity index (χ2n) is 6.59. The van der Waals surface area contributed by atoms with E-state index in [1.54, 1.807) is 37.7 Å². The highest BCUT2D eigenvalue weighted by Gasteiger charge is 2.57. The number of benzene rings is 2. The van der Waals surface area contributed by atoms with Crippen molar-refractivity contribution in [2.45, 2.75) is 5.66 Å². The maximum absolute atomic E-state index is 5.35. The fourth-order valence-corrected chi connectivity index (χ4v) is 5.49. The minimum absolute atomic E-state index is 0.540. The van der Waals surface area contributed by atoms with Crippen molar-refractivity contribution in [2.75, 3.05) is 49.6 Å². The van der Waals surface area contributed by atoms with E-state index in [0.29, 0.717) is 0 Å². The lowest BCUT2D eigenvalue weighted by atomic mass is 10.1. The van der Waals surface area contributed by atoms with E-state index in [0.717, 1.165) is 46.1 Å². The summed E-state index contributed by atoms with van der Waals surface area (Å²) in [7, 11) is 3.37. The van der Waals surface area contributed by atoms with Crippen molar-refractivity contribution in [3.05, 3.63) is 48.5 Å². The first-order valence-electron chi connectivity index (χ1n) is 9.27. The van der Waals surface area contributed by atoms with Crippen LogP contribution >= 0.6 is 23.5 Å². The third kappa shape index (κ3) is 3.14. The molecule has 29 heavy (non-hydrogen) atoms. The van der Waals surface area contributed by atoms with Crippen molar-refractivity contribution in [2.24, 2.45) is 10.2 Å². The third-order valence-electron chi connectivity index (χ3n) is 5.31. The summed E-state index contributed by atoms with van der Waals surface area (Å²) < 4.78 is 10.7. The summed E-state index contributed by atoms with van der Waals surface area (Å²) in [5.74, 6) is 1.69. The molecule has 0 amide bonds. The van der Waals surface area contributed by atoms with Crippen LogP contribution in [-0.4, -0.2) is 55.6 Å². The molecule has 0 unspecified atom stereocenters. The van der Waals surface area contributed by atoms with E-state index in [4.69, 9.17) is 9.47 Å². The number of ether oxygens (including phenoxy) is 2. The molecule has 2 aliphatic heterocycles. The Morgan fingerprint density at radius 2 is 1.10 bits per heavy atom. The number of anilines is 2. The molecular weight excluding hydrogens is 404 g/mol. The molecule has 1 fully saturated rings. The summed E-state index contributed by atoms with van der Waals surface area (Å²) >= 11 is 3.30. The third-order valence-corrected chi connectivity index (χ3v) is 6.82. The van der Waals surface area contributed by atoms with Crippen molar-refractivity contribution in [1.82, 2.24) is 0 Å². The quantitative estimate of drug-likeness (QED) is 0.728. The maximum atomic E-state index is 5.35. The maximum Gasteiger partial charge on any atom is 0.217 e. The van der Waals surface area contributed by atoms with Gasteiger partial charge in [0, 0.05) is 24.5 Å². The van der Waals surface area contributed by atoms with E-state index in [9.17, 15) is 0 Å². The van der Waals surface area contributed by atoms with Crippen LogP contribution in [0.15, 0.2) is 58.7 Å². The molecule has 1 saturated heterocycles. The van der Waals surface area contributed by atoms with Crippen LogP contribution in [0.5, 0.6) is 11.5 Å². The smallest absolute Gasteiger partial charge is 0.217 e. The molecule has 2 heterocycles. The highest BCUT2D eigenvalue weighted by atomic mass is 32.2. The summed E-state index contributed by atoms with van der Waals surface area (Å²) in [6.07, 6.45) is 4.13. The van der Waals surface area contributed by atoms with Gasteiger partial charge in [-0.3, -0.25) is 0 Å². The number of hydrogen-bond acceptors (Lipinski definition) is 8. The second-order valence-corrected chi connectivity index (χ2v) is 8.18. The van der Waals surface area contributed by atoms with Gasteiger partial charge in [-0.2, -0.15) is 0 Å². The Morgan fingerprint density at radius 3 is 1.41 bits per heavy atom. The van der Waals surface area contributed by atoms with Crippen LogP contribution < -0.4 is 19.3 Å². The number of thioether (sulfide) groups is 2. The fourth-order valence-electron chi connectivity index (χ4n) is 3.98. The number of methoxy groups -OCH3 is 2. The SMILES string of the molecule is COc1ccc(N2CCN(c3ccc(OC)cc3)C23C(SC)=NN=C3SC)cc1. The number of rotatable bonds is 4. The van der Waals surface area contributed by atoms with E-state index in [1.165, 1.54) is 0 Å². The zero-order chi connectivity index (χ0) is 20.4. The lowest BCUT2D eigenvalue weighted by Crippen LogP contribution is -2.62. The van der Waals surface area contributed by atoms with E-state index in [2.05, 4.69) is 56.8 Å². The molecule has 2 aromatic rings. The topological polar surface area (TPSA) is 49.7 Å². The Kier molecular flexibility index (Phi) is 5.65. The van der Waals surface area contributed by atoms with Crippen molar-refractivity contribution in [1.29, 1.82) is 0 Å². The molecule has 0 N–H and O–H groups in total. The fraction of sp³-hybridized carbons (Fsp3) is 0.333. The minimum Gasteiger partial charge on any atom is -0.497 e. The summed E-state index contributed by atoms with van der Waals surface area (Å²) in [6, 6.07) is 16.4. The van der Waals surface area contributed by atoms with E-state index >= 15 is 0 Å². The molecule has 1 spiro atoms. The highest BCUT2D eigenvalue weighted by molar-refractivity contribution is 8.16. The first-order valence-corrected chi connectivity index (χ1v) is 11.7. The first-order chi connectivity index (χ1) is 14.2. The van der Waals surface area contributed by atoms with Crippen molar-refractivity contribution in [3.8, 4) is 11.5 Å². The van der Waals surface area contributed by atoms with Gasteiger partial charge >= 0.3 is 0 Å². The summed E-state index contributed by atoms with van der Waals surface area (Å²) in [4.78, 5) is 4.79. The molecule has 0 bridgehead atoms. The number of hydrogen-bond donors (Lipinski definition) is 0. The Hall–Kier alpha value is -2.32. The molecule has 152 valence electrons. The summed E-state index contributed by atoms with van der Waals surface area (Å²) in [5.41, 5.74) is 1.70. The Morgan fingerprint density at radius 1 is 0.724 bits per heavy atom. The van der Waals surface area contributed by atoms with Gasteiger partial charge in [0.1, 0.15) is 21.6 Å². The molecule has 0 aliphatic carbocycles. The van der Waals surface area contributed by atoms with Gasteiger partial charge in [-0.1, -0.05) is 0 Å². The molecule has 0 radical (unpaired) electrons. The molecule has 2 aliphatic rings. The minimum atomic E-state index is -0.540. The zero-order valence-electron chi connectivity index (χ0n) is 17.0. The summed E-state index contributed by atoms with van der Waals surface area (Å²) in [5, 5.41) is 11.1. The van der Waals surface area contributed by atoms with Crippen LogP contribution in [0.3, 0.4) is 0 Å². The van der Waals surface area contributed by atoms with Gasteiger partial charge in [0.25, 0.3) is 0 Å². The predicted molar refractivity (Wildman–Crippen MR) is 125 cm³/mol. The van der Waals surface area contributed by atoms with E-state index < -0.39 is 5.66 Å². The van der Waals surface area contributed by atoms with Crippen LogP contribution in [0.2, 0.25) is 0 Å². The lowest BCUT2D eigenvalue weighted by Gasteiger charge is -2.43. The lowest BCUT2D eigenvalue weighted by molar-refractivity contribution is 0.414. The van der Waals surface area contributed by atoms with Gasteiger partial charge in [0.2, 0.25) is 5.66 Å². The van der Waals surface area contributed by atoms with Crippen molar-refractivity contribution in [3.63, 3.8) is 0 Å². The van der Waals surface area contributed by atoms with E-state index in [-0.39, 0.29) is 0 Å². The average molecular weight is 429 g/mol. The molecule has 2 aromatic carbocycles. The van der Waals surface area contributed by atoms with Gasteiger partial charge in [-0.05, 0) is 61.0 Å². The molecule has 8 heteroatoms. The van der Waals surface area contributed by atoms with Gasteiger partial charge < -0.3 is 19.3 Å². The molecular formula is C21H24N4O2S2. The van der Waals surface area contributed by atoms with Gasteiger partial charge in [0.15, 0.2) is 0 Å². The first kappa shape index (κ1) is 20.0. The Balaban J connectivity index is 1.83. The van der Waals surface area contributed by atoms with Gasteiger partial charge in [0.05, 0.1) is 14.2 Å². The van der Waals surface area contributed by atoms with Crippen molar-refractivity contribution < 1.29 is 9.47 Å². The second kappa shape index (κ2) is 8.20. The normalized spacial score (nSPS) is 17.5. The number of nitrogens with zero attached hydrogens (tertiary/aromatic N) is 4. The highest BCUT2D eigenvalue weighted by Crippen LogP contribution is 2.45. The molecule has 6 nitrogen and oxygen atoms in total. The predicted octanol–water partition coefficient (Wildman–Crippen LogP) is 4.18.